The first-order valence-electron chi connectivity index (χ1n) is 12.0. The van der Waals surface area contributed by atoms with Crippen LogP contribution < -0.4 is 14.8 Å². The first-order chi connectivity index (χ1) is 16.3. The normalized spacial score (nSPS) is 12.5. The maximum absolute atomic E-state index is 13.4. The molecular weight excluding hydrogens is 435 g/mol. The van der Waals surface area contributed by atoms with E-state index in [0.717, 1.165) is 17.5 Å². The van der Waals surface area contributed by atoms with E-state index in [-0.39, 0.29) is 36.6 Å². The number of carbonyl (C=O) groups excluding carboxylic acids is 2. The number of hydrogen-bond acceptors (Lipinski definition) is 4. The maximum atomic E-state index is 13.4. The molecule has 0 aliphatic carbocycles. The third kappa shape index (κ3) is 8.04. The molecule has 2 rings (SSSR count). The molecule has 186 valence electrons. The minimum atomic E-state index is -0.661. The van der Waals surface area contributed by atoms with Crippen LogP contribution in [0.4, 0.5) is 4.39 Å². The Morgan fingerprint density at radius 3 is 2.18 bits per heavy atom. The Bertz CT molecular complexity index is 933. The summed E-state index contributed by atoms with van der Waals surface area (Å²) in [5, 5.41) is 2.95. The van der Waals surface area contributed by atoms with E-state index in [2.05, 4.69) is 5.32 Å². The van der Waals surface area contributed by atoms with Gasteiger partial charge in [-0.05, 0) is 75.9 Å². The number of amides is 2. The van der Waals surface area contributed by atoms with E-state index in [9.17, 15) is 14.0 Å². The highest BCUT2D eigenvalue weighted by Crippen LogP contribution is 2.29. The van der Waals surface area contributed by atoms with E-state index in [4.69, 9.17) is 9.47 Å². The lowest BCUT2D eigenvalue weighted by molar-refractivity contribution is -0.140. The zero-order chi connectivity index (χ0) is 25.1. The Morgan fingerprint density at radius 1 is 0.941 bits per heavy atom. The van der Waals surface area contributed by atoms with Crippen molar-refractivity contribution in [2.75, 3.05) is 13.2 Å². The zero-order valence-electron chi connectivity index (χ0n) is 20.9. The van der Waals surface area contributed by atoms with Crippen molar-refractivity contribution in [3.63, 3.8) is 0 Å². The van der Waals surface area contributed by atoms with Gasteiger partial charge in [0.25, 0.3) is 0 Å². The van der Waals surface area contributed by atoms with Crippen molar-refractivity contribution in [3.05, 3.63) is 59.4 Å². The van der Waals surface area contributed by atoms with Crippen LogP contribution in [0.3, 0.4) is 0 Å². The van der Waals surface area contributed by atoms with Gasteiger partial charge in [0.15, 0.2) is 11.5 Å². The zero-order valence-corrected chi connectivity index (χ0v) is 20.9. The summed E-state index contributed by atoms with van der Waals surface area (Å²) in [5.41, 5.74) is 1.70. The van der Waals surface area contributed by atoms with E-state index in [1.807, 2.05) is 45.9 Å². The second kappa shape index (κ2) is 13.6. The highest BCUT2D eigenvalue weighted by atomic mass is 19.1. The number of halogens is 1. The van der Waals surface area contributed by atoms with Gasteiger partial charge in [-0.3, -0.25) is 9.59 Å². The van der Waals surface area contributed by atoms with Crippen molar-refractivity contribution in [2.24, 2.45) is 0 Å². The van der Waals surface area contributed by atoms with Crippen molar-refractivity contribution in [3.8, 4) is 11.5 Å². The Balaban J connectivity index is 2.17. The average Bonchev–Trinajstić information content (AvgIpc) is 2.83. The summed E-state index contributed by atoms with van der Waals surface area (Å²) in [7, 11) is 0. The van der Waals surface area contributed by atoms with Gasteiger partial charge in [-0.2, -0.15) is 0 Å². The lowest BCUT2D eigenvalue weighted by Gasteiger charge is -2.30. The lowest BCUT2D eigenvalue weighted by Crippen LogP contribution is -2.49. The molecule has 0 aliphatic heterocycles. The molecule has 2 aromatic carbocycles. The van der Waals surface area contributed by atoms with Gasteiger partial charge in [-0.25, -0.2) is 4.39 Å². The highest BCUT2D eigenvalue weighted by Gasteiger charge is 2.26. The molecule has 0 radical (unpaired) electrons. The van der Waals surface area contributed by atoms with Gasteiger partial charge >= 0.3 is 0 Å². The minimum absolute atomic E-state index is 0.0126. The van der Waals surface area contributed by atoms with Crippen LogP contribution in [0.5, 0.6) is 11.5 Å². The lowest BCUT2D eigenvalue weighted by atomic mass is 10.1. The van der Waals surface area contributed by atoms with E-state index in [1.165, 1.54) is 12.1 Å². The van der Waals surface area contributed by atoms with Gasteiger partial charge in [0.2, 0.25) is 11.8 Å². The monoisotopic (exact) mass is 472 g/mol. The molecule has 0 saturated carbocycles. The van der Waals surface area contributed by atoms with Gasteiger partial charge in [0.05, 0.1) is 13.2 Å². The topological polar surface area (TPSA) is 67.9 Å². The van der Waals surface area contributed by atoms with Crippen LogP contribution in [0, 0.1) is 5.82 Å². The highest BCUT2D eigenvalue weighted by molar-refractivity contribution is 5.87. The third-order valence-corrected chi connectivity index (χ3v) is 5.67. The Hall–Kier alpha value is -3.09. The van der Waals surface area contributed by atoms with Crippen LogP contribution in [0.2, 0.25) is 0 Å². The number of nitrogens with one attached hydrogen (secondary N) is 1. The molecule has 0 fully saturated rings. The second-order valence-corrected chi connectivity index (χ2v) is 8.29. The Labute approximate surface area is 202 Å². The van der Waals surface area contributed by atoms with Gasteiger partial charge in [-0.1, -0.05) is 25.1 Å². The molecule has 7 heteroatoms. The van der Waals surface area contributed by atoms with Crippen LogP contribution in [0.15, 0.2) is 42.5 Å². The number of hydrogen-bond donors (Lipinski definition) is 1. The molecule has 0 bridgehead atoms. The van der Waals surface area contributed by atoms with Crippen LogP contribution in [0.25, 0.3) is 0 Å². The van der Waals surface area contributed by atoms with Gasteiger partial charge in [-0.15, -0.1) is 0 Å². The molecule has 1 N–H and O–H groups in total. The number of aryl methyl sites for hydroxylation is 1. The summed E-state index contributed by atoms with van der Waals surface area (Å²) in [4.78, 5) is 27.6. The second-order valence-electron chi connectivity index (χ2n) is 8.29. The van der Waals surface area contributed by atoms with Crippen LogP contribution >= 0.6 is 0 Å². The van der Waals surface area contributed by atoms with Crippen molar-refractivity contribution < 1.29 is 23.5 Å². The molecule has 2 aromatic rings. The molecule has 2 amide bonds. The molecule has 6 nitrogen and oxygen atoms in total. The van der Waals surface area contributed by atoms with Crippen molar-refractivity contribution in [2.45, 2.75) is 72.5 Å². The summed E-state index contributed by atoms with van der Waals surface area (Å²) in [6.45, 7) is 10.7. The molecule has 0 spiro atoms. The molecule has 34 heavy (non-hydrogen) atoms. The number of nitrogens with zero attached hydrogens (tertiary/aromatic N) is 1. The van der Waals surface area contributed by atoms with E-state index >= 15 is 0 Å². The summed E-state index contributed by atoms with van der Waals surface area (Å²) < 4.78 is 24.7. The molecule has 0 aliphatic rings. The Kier molecular flexibility index (Phi) is 10.8. The first kappa shape index (κ1) is 27.2. The first-order valence-corrected chi connectivity index (χ1v) is 12.0. The number of ether oxygens (including phenoxy) is 2. The van der Waals surface area contributed by atoms with Gasteiger partial charge in [0.1, 0.15) is 11.9 Å². The number of rotatable bonds is 13. The molecule has 0 heterocycles. The standard InChI is InChI=1S/C27H37FN2O4/c1-6-19(4)29-27(32)20(5)30(18-22-9-13-23(28)14-10-22)26(31)16-12-21-11-15-24(33-7-2)25(17-21)34-8-3/h9-11,13-15,17,19-20H,6-8,12,16,18H2,1-5H3,(H,29,32). The molecular formula is C27H37FN2O4. The van der Waals surface area contributed by atoms with E-state index in [1.54, 1.807) is 24.0 Å². The fourth-order valence-corrected chi connectivity index (χ4v) is 3.48. The van der Waals surface area contributed by atoms with Crippen LogP contribution in [0.1, 0.15) is 58.6 Å². The van der Waals surface area contributed by atoms with Crippen molar-refractivity contribution in [1.82, 2.24) is 10.2 Å². The van der Waals surface area contributed by atoms with Gasteiger partial charge in [0, 0.05) is 19.0 Å². The fourth-order valence-electron chi connectivity index (χ4n) is 3.48. The molecule has 2 unspecified atom stereocenters. The van der Waals surface area contributed by atoms with Crippen LogP contribution in [-0.2, 0) is 22.6 Å². The molecule has 0 saturated heterocycles. The van der Waals surface area contributed by atoms with Crippen LogP contribution in [-0.4, -0.2) is 42.0 Å². The van der Waals surface area contributed by atoms with E-state index < -0.39 is 6.04 Å². The van der Waals surface area contributed by atoms with Crippen molar-refractivity contribution >= 4 is 11.8 Å². The number of carbonyl (C=O) groups is 2. The van der Waals surface area contributed by atoms with Crippen molar-refractivity contribution in [1.29, 1.82) is 0 Å². The summed E-state index contributed by atoms with van der Waals surface area (Å²) in [5.74, 6) is 0.628. The molecule has 2 atom stereocenters. The smallest absolute Gasteiger partial charge is 0.242 e. The average molecular weight is 473 g/mol. The van der Waals surface area contributed by atoms with E-state index in [0.29, 0.717) is 31.1 Å². The maximum Gasteiger partial charge on any atom is 0.242 e. The fraction of sp³-hybridized carbons (Fsp3) is 0.481. The Morgan fingerprint density at radius 2 is 1.56 bits per heavy atom. The summed E-state index contributed by atoms with van der Waals surface area (Å²) >= 11 is 0. The molecule has 0 aromatic heterocycles. The largest absolute Gasteiger partial charge is 0.490 e. The predicted octanol–water partition coefficient (Wildman–Crippen LogP) is 4.89. The summed E-state index contributed by atoms with van der Waals surface area (Å²) in [6.07, 6.45) is 1.51. The minimum Gasteiger partial charge on any atom is -0.490 e. The SMILES string of the molecule is CCOc1ccc(CCC(=O)N(Cc2ccc(F)cc2)C(C)C(=O)NC(C)CC)cc1OCC. The number of benzene rings is 2. The quantitative estimate of drug-likeness (QED) is 0.451. The summed E-state index contributed by atoms with van der Waals surface area (Å²) in [6, 6.07) is 11.0. The van der Waals surface area contributed by atoms with Gasteiger partial charge < -0.3 is 19.7 Å². The predicted molar refractivity (Wildman–Crippen MR) is 131 cm³/mol. The third-order valence-electron chi connectivity index (χ3n) is 5.67.